The van der Waals surface area contributed by atoms with E-state index >= 15 is 0 Å². The Hall–Kier alpha value is -3.48. The summed E-state index contributed by atoms with van der Waals surface area (Å²) in [5.41, 5.74) is 9.31. The standard InChI is InChI=1S/C22H25N5O2/c1-15-7-8-17(23)12-19(15)27(14-29-20(28)22(2,3)4)21-25-11-9-18(26-21)16-6-5-10-24-13-16/h5-13H,14,23H2,1-4H3. The van der Waals surface area contributed by atoms with Crippen LogP contribution >= 0.6 is 0 Å². The lowest BCUT2D eigenvalue weighted by atomic mass is 9.97. The van der Waals surface area contributed by atoms with Crippen LogP contribution in [0.2, 0.25) is 0 Å². The largest absolute Gasteiger partial charge is 0.443 e. The Bertz CT molecular complexity index is 1000. The van der Waals surface area contributed by atoms with Gasteiger partial charge in [-0.15, -0.1) is 0 Å². The van der Waals surface area contributed by atoms with Gasteiger partial charge in [0, 0.05) is 29.8 Å². The smallest absolute Gasteiger partial charge is 0.312 e. The Balaban J connectivity index is 2.01. The molecule has 0 aliphatic rings. The Labute approximate surface area is 170 Å². The number of nitrogens with zero attached hydrogens (tertiary/aromatic N) is 4. The number of hydrogen-bond acceptors (Lipinski definition) is 7. The van der Waals surface area contributed by atoms with E-state index in [9.17, 15) is 4.79 Å². The monoisotopic (exact) mass is 391 g/mol. The lowest BCUT2D eigenvalue weighted by molar-refractivity contribution is -0.152. The van der Waals surface area contributed by atoms with Crippen molar-refractivity contribution in [2.24, 2.45) is 5.41 Å². The highest BCUT2D eigenvalue weighted by Gasteiger charge is 2.25. The van der Waals surface area contributed by atoms with Crippen LogP contribution in [0.25, 0.3) is 11.3 Å². The maximum Gasteiger partial charge on any atom is 0.312 e. The van der Waals surface area contributed by atoms with Crippen molar-refractivity contribution in [1.29, 1.82) is 0 Å². The van der Waals surface area contributed by atoms with Gasteiger partial charge in [-0.2, -0.15) is 0 Å². The van der Waals surface area contributed by atoms with E-state index in [1.165, 1.54) is 0 Å². The van der Waals surface area contributed by atoms with Crippen LogP contribution < -0.4 is 10.6 Å². The molecular formula is C22H25N5O2. The van der Waals surface area contributed by atoms with Gasteiger partial charge in [0.15, 0.2) is 6.73 Å². The van der Waals surface area contributed by atoms with Gasteiger partial charge in [-0.25, -0.2) is 9.97 Å². The van der Waals surface area contributed by atoms with E-state index in [0.29, 0.717) is 11.6 Å². The quantitative estimate of drug-likeness (QED) is 0.397. The average Bonchev–Trinajstić information content (AvgIpc) is 2.70. The first-order chi connectivity index (χ1) is 13.8. The summed E-state index contributed by atoms with van der Waals surface area (Å²) in [7, 11) is 0. The number of carbonyl (C=O) groups is 1. The third-order valence-corrected chi connectivity index (χ3v) is 4.30. The molecule has 3 aromatic rings. The highest BCUT2D eigenvalue weighted by Crippen LogP contribution is 2.29. The van der Waals surface area contributed by atoms with Crippen LogP contribution in [0.15, 0.2) is 55.0 Å². The fourth-order valence-electron chi connectivity index (χ4n) is 2.65. The number of benzene rings is 1. The van der Waals surface area contributed by atoms with Crippen molar-refractivity contribution >= 4 is 23.3 Å². The van der Waals surface area contributed by atoms with Crippen LogP contribution in [0.5, 0.6) is 0 Å². The topological polar surface area (TPSA) is 94.2 Å². The van der Waals surface area contributed by atoms with Crippen LogP contribution in [0.1, 0.15) is 26.3 Å². The Kier molecular flexibility index (Phi) is 5.77. The Morgan fingerprint density at radius 3 is 2.66 bits per heavy atom. The van der Waals surface area contributed by atoms with Gasteiger partial charge >= 0.3 is 5.97 Å². The maximum atomic E-state index is 12.3. The summed E-state index contributed by atoms with van der Waals surface area (Å²) in [6.45, 7) is 7.36. The molecule has 0 unspecified atom stereocenters. The van der Waals surface area contributed by atoms with Crippen LogP contribution in [0.3, 0.4) is 0 Å². The van der Waals surface area contributed by atoms with Crippen LogP contribution in [0.4, 0.5) is 17.3 Å². The van der Waals surface area contributed by atoms with E-state index in [1.807, 2.05) is 64.1 Å². The molecule has 0 saturated heterocycles. The van der Waals surface area contributed by atoms with Crippen LogP contribution in [-0.2, 0) is 9.53 Å². The van der Waals surface area contributed by atoms with Crippen molar-refractivity contribution in [3.63, 3.8) is 0 Å². The number of anilines is 3. The van der Waals surface area contributed by atoms with Crippen LogP contribution in [-0.4, -0.2) is 27.7 Å². The highest BCUT2D eigenvalue weighted by molar-refractivity contribution is 5.76. The Morgan fingerprint density at radius 2 is 1.97 bits per heavy atom. The molecule has 0 aliphatic carbocycles. The molecule has 7 nitrogen and oxygen atoms in total. The van der Waals surface area contributed by atoms with Gasteiger partial charge in [0.25, 0.3) is 0 Å². The zero-order valence-electron chi connectivity index (χ0n) is 17.1. The molecule has 7 heteroatoms. The number of aryl methyl sites for hydroxylation is 1. The molecule has 0 aliphatic heterocycles. The number of nitrogens with two attached hydrogens (primary N) is 1. The maximum absolute atomic E-state index is 12.3. The summed E-state index contributed by atoms with van der Waals surface area (Å²) >= 11 is 0. The number of ether oxygens (including phenoxy) is 1. The third-order valence-electron chi connectivity index (χ3n) is 4.30. The summed E-state index contributed by atoms with van der Waals surface area (Å²) < 4.78 is 5.57. The number of rotatable bonds is 5. The Morgan fingerprint density at radius 1 is 1.17 bits per heavy atom. The van der Waals surface area contributed by atoms with Gasteiger partial charge in [0.1, 0.15) is 0 Å². The van der Waals surface area contributed by atoms with Gasteiger partial charge in [-0.1, -0.05) is 6.07 Å². The van der Waals surface area contributed by atoms with E-state index in [-0.39, 0.29) is 12.7 Å². The molecule has 0 atom stereocenters. The molecule has 0 spiro atoms. The summed E-state index contributed by atoms with van der Waals surface area (Å²) in [5.74, 6) is 0.0919. The van der Waals surface area contributed by atoms with Gasteiger partial charge in [-0.05, 0) is 63.6 Å². The van der Waals surface area contributed by atoms with Crippen molar-refractivity contribution < 1.29 is 9.53 Å². The highest BCUT2D eigenvalue weighted by atomic mass is 16.5. The number of carbonyl (C=O) groups excluding carboxylic acids is 1. The van der Waals surface area contributed by atoms with Crippen LogP contribution in [0, 0.1) is 12.3 Å². The van der Waals surface area contributed by atoms with Crippen molar-refractivity contribution in [1.82, 2.24) is 15.0 Å². The molecule has 0 saturated carbocycles. The zero-order chi connectivity index (χ0) is 21.0. The molecule has 2 heterocycles. The van der Waals surface area contributed by atoms with Gasteiger partial charge < -0.3 is 10.5 Å². The molecule has 1 aromatic carbocycles. The SMILES string of the molecule is Cc1ccc(N)cc1N(COC(=O)C(C)(C)C)c1nccc(-c2cccnc2)n1. The lowest BCUT2D eigenvalue weighted by Gasteiger charge is -2.26. The second-order valence-corrected chi connectivity index (χ2v) is 7.77. The van der Waals surface area contributed by atoms with Crippen molar-refractivity contribution in [2.45, 2.75) is 27.7 Å². The minimum atomic E-state index is -0.616. The van der Waals surface area contributed by atoms with Crippen molar-refractivity contribution in [3.8, 4) is 11.3 Å². The van der Waals surface area contributed by atoms with Gasteiger partial charge in [0.05, 0.1) is 16.8 Å². The van der Waals surface area contributed by atoms with E-state index in [2.05, 4.69) is 15.0 Å². The zero-order valence-corrected chi connectivity index (χ0v) is 17.1. The predicted molar refractivity (Wildman–Crippen MR) is 113 cm³/mol. The first-order valence-electron chi connectivity index (χ1n) is 9.30. The third kappa shape index (κ3) is 4.87. The fraction of sp³-hybridized carbons (Fsp3) is 0.273. The number of nitrogen functional groups attached to an aromatic ring is 1. The first kappa shape index (κ1) is 20.3. The second-order valence-electron chi connectivity index (χ2n) is 7.77. The van der Waals surface area contributed by atoms with E-state index in [4.69, 9.17) is 10.5 Å². The van der Waals surface area contributed by atoms with E-state index < -0.39 is 5.41 Å². The molecule has 0 radical (unpaired) electrons. The molecular weight excluding hydrogens is 366 g/mol. The minimum absolute atomic E-state index is 0.0309. The molecule has 150 valence electrons. The lowest BCUT2D eigenvalue weighted by Crippen LogP contribution is -2.30. The summed E-state index contributed by atoms with van der Waals surface area (Å²) in [4.78, 5) is 27.3. The molecule has 0 bridgehead atoms. The van der Waals surface area contributed by atoms with E-state index in [0.717, 1.165) is 22.5 Å². The molecule has 29 heavy (non-hydrogen) atoms. The summed E-state index contributed by atoms with van der Waals surface area (Å²) in [6.07, 6.45) is 5.12. The number of esters is 1. The summed E-state index contributed by atoms with van der Waals surface area (Å²) in [5, 5.41) is 0. The average molecular weight is 391 g/mol. The minimum Gasteiger partial charge on any atom is -0.443 e. The molecule has 2 N–H and O–H groups in total. The number of pyridine rings is 1. The molecule has 0 amide bonds. The number of hydrogen-bond donors (Lipinski definition) is 1. The second kappa shape index (κ2) is 8.26. The van der Waals surface area contributed by atoms with E-state index in [1.54, 1.807) is 23.5 Å². The number of aromatic nitrogens is 3. The molecule has 0 fully saturated rings. The predicted octanol–water partition coefficient (Wildman–Crippen LogP) is 4.11. The first-order valence-corrected chi connectivity index (χ1v) is 9.30. The van der Waals surface area contributed by atoms with Gasteiger partial charge in [-0.3, -0.25) is 14.7 Å². The molecule has 2 aromatic heterocycles. The van der Waals surface area contributed by atoms with Crippen molar-refractivity contribution in [2.75, 3.05) is 17.4 Å². The fourth-order valence-corrected chi connectivity index (χ4v) is 2.65. The van der Waals surface area contributed by atoms with Crippen molar-refractivity contribution in [3.05, 3.63) is 60.6 Å². The normalized spacial score (nSPS) is 11.2. The summed E-state index contributed by atoms with van der Waals surface area (Å²) in [6, 6.07) is 11.1. The molecule has 3 rings (SSSR count). The van der Waals surface area contributed by atoms with Gasteiger partial charge in [0.2, 0.25) is 5.95 Å².